The molecule has 0 saturated carbocycles. The summed E-state index contributed by atoms with van der Waals surface area (Å²) in [5, 5.41) is 0. The van der Waals surface area contributed by atoms with Gasteiger partial charge in [-0.3, -0.25) is 0 Å². The summed E-state index contributed by atoms with van der Waals surface area (Å²) in [6, 6.07) is 0. The van der Waals surface area contributed by atoms with E-state index >= 15 is 0 Å². The third-order valence-corrected chi connectivity index (χ3v) is 0. The van der Waals surface area contributed by atoms with Crippen LogP contribution in [0.3, 0.4) is 0 Å². The molecule has 0 aromatic rings. The maximum atomic E-state index is 0. The molecular formula is H3ClNiO2. The zero-order chi connectivity index (χ0) is 0. The summed E-state index contributed by atoms with van der Waals surface area (Å²) >= 11 is 0. The van der Waals surface area contributed by atoms with Crippen molar-refractivity contribution in [3.63, 3.8) is 0 Å². The minimum Gasteiger partial charge on any atom is -0.870 e. The van der Waals surface area contributed by atoms with E-state index in [-0.39, 0.29) is 39.9 Å². The molecule has 0 fully saturated rings. The quantitative estimate of drug-likeness (QED) is 0.434. The standard InChI is InChI=1S/ClH.Ni.2H2O/h1H;;2*1H2/q;+2;;/p-2. The Morgan fingerprint density at radius 2 is 0.750 bits per heavy atom. The van der Waals surface area contributed by atoms with Crippen molar-refractivity contribution in [1.29, 1.82) is 0 Å². The fourth-order valence-electron chi connectivity index (χ4n) is 0. The van der Waals surface area contributed by atoms with Gasteiger partial charge in [0.1, 0.15) is 0 Å². The molecule has 0 amide bonds. The van der Waals surface area contributed by atoms with Gasteiger partial charge in [-0.25, -0.2) is 0 Å². The van der Waals surface area contributed by atoms with E-state index in [1.54, 1.807) is 0 Å². The van der Waals surface area contributed by atoms with E-state index in [9.17, 15) is 0 Å². The molecule has 0 spiro atoms. The molecule has 2 N–H and O–H groups in total. The number of rotatable bonds is 0. The van der Waals surface area contributed by atoms with Crippen LogP contribution in [0.25, 0.3) is 0 Å². The summed E-state index contributed by atoms with van der Waals surface area (Å²) in [6.07, 6.45) is 0. The van der Waals surface area contributed by atoms with Crippen LogP contribution in [0, 0.1) is 0 Å². The summed E-state index contributed by atoms with van der Waals surface area (Å²) in [7, 11) is 0. The van der Waals surface area contributed by atoms with Crippen molar-refractivity contribution in [3.8, 4) is 0 Å². The second-order valence-electron chi connectivity index (χ2n) is 0. The Labute approximate surface area is 40.5 Å². The van der Waals surface area contributed by atoms with Crippen LogP contribution < -0.4 is 0 Å². The summed E-state index contributed by atoms with van der Waals surface area (Å²) in [5.74, 6) is 0. The van der Waals surface area contributed by atoms with Gasteiger partial charge in [0.15, 0.2) is 0 Å². The van der Waals surface area contributed by atoms with E-state index in [2.05, 4.69) is 0 Å². The topological polar surface area (TPSA) is 60.0 Å². The molecule has 0 aliphatic rings. The molecule has 0 aromatic carbocycles. The molecule has 32 valence electrons. The second kappa shape index (κ2) is 54.7. The smallest absolute Gasteiger partial charge is 0.870 e. The van der Waals surface area contributed by atoms with Crippen LogP contribution >= 0.6 is 12.4 Å². The fourth-order valence-corrected chi connectivity index (χ4v) is 0. The van der Waals surface area contributed by atoms with Crippen LogP contribution in [-0.4, -0.2) is 11.0 Å². The monoisotopic (exact) mass is 128 g/mol. The van der Waals surface area contributed by atoms with E-state index < -0.39 is 0 Å². The third-order valence-electron chi connectivity index (χ3n) is 0. The van der Waals surface area contributed by atoms with Crippen molar-refractivity contribution in [2.24, 2.45) is 0 Å². The molecule has 0 aliphatic carbocycles. The minimum atomic E-state index is 0. The van der Waals surface area contributed by atoms with Crippen molar-refractivity contribution in [2.75, 3.05) is 0 Å². The van der Waals surface area contributed by atoms with Crippen molar-refractivity contribution in [2.45, 2.75) is 0 Å². The zero-order valence-corrected chi connectivity index (χ0v) is 3.42. The summed E-state index contributed by atoms with van der Waals surface area (Å²) < 4.78 is 0. The predicted molar refractivity (Wildman–Crippen MR) is 11.1 cm³/mol. The maximum absolute atomic E-state index is 0. The van der Waals surface area contributed by atoms with Crippen LogP contribution in [0.5, 0.6) is 0 Å². The third kappa shape index (κ3) is 15.9. The predicted octanol–water partition coefficient (Wildman–Crippen LogP) is 0.0657. The van der Waals surface area contributed by atoms with E-state index in [4.69, 9.17) is 0 Å². The number of hydrogen-bond donors (Lipinski definition) is 0. The first kappa shape index (κ1) is 130. The van der Waals surface area contributed by atoms with Crippen LogP contribution in [0.15, 0.2) is 0 Å². The first-order chi connectivity index (χ1) is 0. The van der Waals surface area contributed by atoms with Gasteiger partial charge in [-0.1, -0.05) is 0 Å². The molecule has 0 aliphatic heterocycles. The van der Waals surface area contributed by atoms with Gasteiger partial charge in [0.25, 0.3) is 0 Å². The Hall–Kier alpha value is 0.704. The molecular weight excluding hydrogens is 126 g/mol. The molecule has 0 heterocycles. The van der Waals surface area contributed by atoms with Crippen LogP contribution in [0.4, 0.5) is 0 Å². The molecule has 0 radical (unpaired) electrons. The first-order valence-electron chi connectivity index (χ1n) is 0. The van der Waals surface area contributed by atoms with Gasteiger partial charge in [0.2, 0.25) is 0 Å². The Morgan fingerprint density at radius 3 is 0.750 bits per heavy atom. The Bertz CT molecular complexity index is 6.00. The molecule has 0 saturated heterocycles. The van der Waals surface area contributed by atoms with Crippen LogP contribution in [-0.2, 0) is 16.5 Å². The van der Waals surface area contributed by atoms with Crippen molar-refractivity contribution in [1.82, 2.24) is 0 Å². The van der Waals surface area contributed by atoms with Crippen LogP contribution in [0.1, 0.15) is 0 Å². The zero-order valence-electron chi connectivity index (χ0n) is 1.62. The van der Waals surface area contributed by atoms with E-state index in [1.165, 1.54) is 0 Å². The first-order valence-corrected chi connectivity index (χ1v) is 0. The van der Waals surface area contributed by atoms with Gasteiger partial charge in [0, 0.05) is 0 Å². The summed E-state index contributed by atoms with van der Waals surface area (Å²) in [6.45, 7) is 0. The molecule has 0 atom stereocenters. The Balaban J connectivity index is 0. The molecule has 2 nitrogen and oxygen atoms in total. The fraction of sp³-hybridized carbons (Fsp3) is 0. The normalized spacial score (nSPS) is 0. The van der Waals surface area contributed by atoms with E-state index in [0.717, 1.165) is 0 Å². The second-order valence-corrected chi connectivity index (χ2v) is 0. The Kier molecular flexibility index (Phi) is 1780. The van der Waals surface area contributed by atoms with Crippen molar-refractivity contribution < 1.29 is 27.4 Å². The maximum Gasteiger partial charge on any atom is 2.00 e. The van der Waals surface area contributed by atoms with Gasteiger partial charge >= 0.3 is 16.5 Å². The van der Waals surface area contributed by atoms with E-state index in [1.807, 2.05) is 0 Å². The minimum absolute atomic E-state index is 0. The average Bonchev–Trinajstić information content (AvgIpc) is 0. The molecule has 0 rings (SSSR count). The van der Waals surface area contributed by atoms with Gasteiger partial charge in [-0.15, -0.1) is 12.4 Å². The molecule has 4 heteroatoms. The van der Waals surface area contributed by atoms with Gasteiger partial charge in [0.05, 0.1) is 0 Å². The van der Waals surface area contributed by atoms with Gasteiger partial charge in [-0.2, -0.15) is 0 Å². The molecule has 0 bridgehead atoms. The van der Waals surface area contributed by atoms with Gasteiger partial charge < -0.3 is 11.0 Å². The van der Waals surface area contributed by atoms with Crippen molar-refractivity contribution >= 4 is 12.4 Å². The summed E-state index contributed by atoms with van der Waals surface area (Å²) in [5.41, 5.74) is 0. The largest absolute Gasteiger partial charge is 2.00 e. The number of hydrogen-bond acceptors (Lipinski definition) is 2. The van der Waals surface area contributed by atoms with Gasteiger partial charge in [-0.05, 0) is 0 Å². The Morgan fingerprint density at radius 1 is 0.750 bits per heavy atom. The van der Waals surface area contributed by atoms with E-state index in [0.29, 0.717) is 0 Å². The number of halogens is 1. The molecule has 0 aromatic heterocycles. The molecule has 0 unspecified atom stereocenters. The van der Waals surface area contributed by atoms with Crippen LogP contribution in [0.2, 0.25) is 0 Å². The molecule has 4 heavy (non-hydrogen) atoms. The van der Waals surface area contributed by atoms with Crippen molar-refractivity contribution in [3.05, 3.63) is 0 Å². The summed E-state index contributed by atoms with van der Waals surface area (Å²) in [4.78, 5) is 0. The average molecular weight is 129 g/mol. The SMILES string of the molecule is Cl.[Ni+2].[OH-].[OH-].